The van der Waals surface area contributed by atoms with Crippen LogP contribution >= 0.6 is 0 Å². The molecule has 1 aromatic heterocycles. The number of amides is 4. The van der Waals surface area contributed by atoms with Crippen LogP contribution in [0.2, 0.25) is 0 Å². The van der Waals surface area contributed by atoms with Crippen LogP contribution in [0, 0.1) is 11.3 Å². The molecule has 1 spiro atoms. The van der Waals surface area contributed by atoms with Crippen molar-refractivity contribution in [2.45, 2.75) is 77.6 Å². The number of hydrogen-bond donors (Lipinski definition) is 3. The van der Waals surface area contributed by atoms with Crippen LogP contribution in [0.5, 0.6) is 0 Å². The second-order valence-electron chi connectivity index (χ2n) is 13.0. The van der Waals surface area contributed by atoms with Crippen LogP contribution in [-0.2, 0) is 28.7 Å². The topological polar surface area (TPSA) is 159 Å². The van der Waals surface area contributed by atoms with Crippen molar-refractivity contribution in [3.05, 3.63) is 47.7 Å². The largest absolute Gasteiger partial charge is 0.455 e. The number of carbonyl (C=O) groups excluding carboxylic acids is 5. The Labute approximate surface area is 274 Å². The SMILES string of the molecule is COC(=O)N1CCC2(/C=C/c3ccc4ccc(nc4c3)[C@@H](C)OC(=O)[C@@H]3CCCN(N3)C(=O)[C@H](C)NC(=O)[C@H](C(C)C)NC2=O)CC1. The predicted molar refractivity (Wildman–Crippen MR) is 173 cm³/mol. The van der Waals surface area contributed by atoms with E-state index in [0.717, 1.165) is 10.9 Å². The first-order valence-electron chi connectivity index (χ1n) is 16.2. The van der Waals surface area contributed by atoms with Gasteiger partial charge >= 0.3 is 12.1 Å². The predicted octanol–water partition coefficient (Wildman–Crippen LogP) is 2.86. The van der Waals surface area contributed by atoms with E-state index in [9.17, 15) is 24.0 Å². The van der Waals surface area contributed by atoms with Crippen LogP contribution in [0.25, 0.3) is 17.0 Å². The molecule has 0 aliphatic carbocycles. The number of ether oxygens (including phenoxy) is 2. The van der Waals surface area contributed by atoms with Gasteiger partial charge in [-0.3, -0.25) is 24.2 Å². The molecule has 252 valence electrons. The van der Waals surface area contributed by atoms with Crippen LogP contribution in [0.15, 0.2) is 36.4 Å². The van der Waals surface area contributed by atoms with Gasteiger partial charge in [-0.15, -0.1) is 0 Å². The van der Waals surface area contributed by atoms with Crippen molar-refractivity contribution in [1.82, 2.24) is 31.0 Å². The molecule has 4 heterocycles. The van der Waals surface area contributed by atoms with E-state index in [0.29, 0.717) is 43.4 Å². The fourth-order valence-corrected chi connectivity index (χ4v) is 6.27. The minimum atomic E-state index is -1.03. The molecule has 47 heavy (non-hydrogen) atoms. The van der Waals surface area contributed by atoms with E-state index in [1.165, 1.54) is 12.1 Å². The number of rotatable bonds is 1. The zero-order valence-corrected chi connectivity index (χ0v) is 27.6. The number of benzene rings is 1. The average Bonchev–Trinajstić information content (AvgIpc) is 3.08. The number of nitrogens with zero attached hydrogens (tertiary/aromatic N) is 3. The van der Waals surface area contributed by atoms with Crippen LogP contribution in [0.3, 0.4) is 0 Å². The van der Waals surface area contributed by atoms with E-state index in [2.05, 4.69) is 16.1 Å². The van der Waals surface area contributed by atoms with Crippen LogP contribution < -0.4 is 16.1 Å². The minimum Gasteiger partial charge on any atom is -0.455 e. The standard InChI is InChI=1S/C34H44N6O7/c1-20(2)28-29(41)35-21(3)30(42)40-16-6-7-26(38-40)31(43)47-22(4)25-11-10-24-9-8-23(19-27(24)36-25)12-13-34(32(44)37-28)14-17-39(18-15-34)33(45)46-5/h8-13,19-22,26,28,38H,6-7,14-18H2,1-5H3,(H,35,41)(H,37,44)/b13-12+/t21-,22+,26-,28-/m0/s1. The molecule has 2 aromatic rings. The van der Waals surface area contributed by atoms with Gasteiger partial charge in [0.2, 0.25) is 11.8 Å². The summed E-state index contributed by atoms with van der Waals surface area (Å²) in [5.41, 5.74) is 4.02. The highest BCUT2D eigenvalue weighted by Crippen LogP contribution is 2.35. The summed E-state index contributed by atoms with van der Waals surface area (Å²) in [5, 5.41) is 7.97. The van der Waals surface area contributed by atoms with E-state index < -0.39 is 53.5 Å². The zero-order valence-electron chi connectivity index (χ0n) is 27.6. The summed E-state index contributed by atoms with van der Waals surface area (Å²) in [7, 11) is 1.32. The molecule has 0 unspecified atom stereocenters. The van der Waals surface area contributed by atoms with Gasteiger partial charge in [-0.25, -0.2) is 15.2 Å². The number of esters is 1. The van der Waals surface area contributed by atoms with Gasteiger partial charge in [-0.05, 0) is 63.1 Å². The number of nitrogens with one attached hydrogen (secondary N) is 3. The van der Waals surface area contributed by atoms with Crippen molar-refractivity contribution in [3.8, 4) is 0 Å². The summed E-state index contributed by atoms with van der Waals surface area (Å²) in [6, 6.07) is 6.89. The lowest BCUT2D eigenvalue weighted by atomic mass is 9.76. The van der Waals surface area contributed by atoms with E-state index in [1.807, 2.05) is 56.3 Å². The number of aromatic nitrogens is 1. The van der Waals surface area contributed by atoms with Gasteiger partial charge in [0.25, 0.3) is 5.91 Å². The Morgan fingerprint density at radius 3 is 2.47 bits per heavy atom. The smallest absolute Gasteiger partial charge is 0.409 e. The van der Waals surface area contributed by atoms with Gasteiger partial charge < -0.3 is 25.0 Å². The normalized spacial score (nSPS) is 26.5. The number of hydrazine groups is 1. The molecular weight excluding hydrogens is 604 g/mol. The highest BCUT2D eigenvalue weighted by molar-refractivity contribution is 5.94. The molecule has 13 nitrogen and oxygen atoms in total. The number of fused-ring (bicyclic) bond motifs is 4. The lowest BCUT2D eigenvalue weighted by molar-refractivity contribution is -0.157. The van der Waals surface area contributed by atoms with E-state index in [4.69, 9.17) is 14.5 Å². The Hall–Kier alpha value is -4.52. The summed E-state index contributed by atoms with van der Waals surface area (Å²) in [6.45, 7) is 7.90. The maximum Gasteiger partial charge on any atom is 0.409 e. The third-order valence-corrected chi connectivity index (χ3v) is 9.28. The Balaban J connectivity index is 1.53. The number of cyclic esters (lactones) is 1. The second-order valence-corrected chi connectivity index (χ2v) is 13.0. The molecule has 13 heteroatoms. The van der Waals surface area contributed by atoms with Gasteiger partial charge in [0.05, 0.1) is 23.7 Å². The number of carbonyl (C=O) groups is 5. The zero-order chi connectivity index (χ0) is 33.9. The summed E-state index contributed by atoms with van der Waals surface area (Å²) in [5.74, 6) is -2.05. The van der Waals surface area contributed by atoms with Gasteiger partial charge in [-0.2, -0.15) is 0 Å². The highest BCUT2D eigenvalue weighted by atomic mass is 16.5. The van der Waals surface area contributed by atoms with E-state index in [1.54, 1.807) is 18.7 Å². The summed E-state index contributed by atoms with van der Waals surface area (Å²) < 4.78 is 10.7. The summed E-state index contributed by atoms with van der Waals surface area (Å²) in [6.07, 6.45) is 4.27. The molecule has 4 amide bonds. The Morgan fingerprint density at radius 1 is 1.04 bits per heavy atom. The second kappa shape index (κ2) is 14.1. The van der Waals surface area contributed by atoms with Gasteiger partial charge in [-0.1, -0.05) is 44.2 Å². The van der Waals surface area contributed by atoms with Crippen molar-refractivity contribution in [1.29, 1.82) is 0 Å². The Morgan fingerprint density at radius 2 is 1.77 bits per heavy atom. The minimum absolute atomic E-state index is 0.289. The molecule has 5 bridgehead atoms. The number of piperidine rings is 1. The van der Waals surface area contributed by atoms with Gasteiger partial charge in [0.1, 0.15) is 24.2 Å². The van der Waals surface area contributed by atoms with Crippen molar-refractivity contribution >= 4 is 46.8 Å². The molecular formula is C34H44N6O7. The molecule has 0 radical (unpaired) electrons. The van der Waals surface area contributed by atoms with E-state index in [-0.39, 0.29) is 24.9 Å². The molecule has 3 aliphatic rings. The van der Waals surface area contributed by atoms with Crippen molar-refractivity contribution in [2.24, 2.45) is 11.3 Å². The third kappa shape index (κ3) is 7.40. The number of hydrogen-bond acceptors (Lipinski definition) is 9. The average molecular weight is 649 g/mol. The highest BCUT2D eigenvalue weighted by Gasteiger charge is 2.43. The first kappa shape index (κ1) is 33.8. The monoisotopic (exact) mass is 648 g/mol. The van der Waals surface area contributed by atoms with Crippen LogP contribution in [-0.4, -0.2) is 89.5 Å². The first-order valence-corrected chi connectivity index (χ1v) is 16.2. The molecule has 5 rings (SSSR count). The molecule has 2 saturated heterocycles. The van der Waals surface area contributed by atoms with Crippen LogP contribution in [0.4, 0.5) is 4.79 Å². The van der Waals surface area contributed by atoms with Crippen molar-refractivity contribution in [3.63, 3.8) is 0 Å². The Bertz CT molecular complexity index is 1570. The first-order chi connectivity index (χ1) is 22.4. The molecule has 4 atom stereocenters. The molecule has 3 N–H and O–H groups in total. The van der Waals surface area contributed by atoms with Gasteiger partial charge in [0, 0.05) is 25.0 Å². The number of likely N-dealkylation sites (tertiary alicyclic amines) is 1. The van der Waals surface area contributed by atoms with Crippen LogP contribution in [0.1, 0.15) is 70.7 Å². The Kier molecular flexibility index (Phi) is 10.1. The van der Waals surface area contributed by atoms with Gasteiger partial charge in [0.15, 0.2) is 0 Å². The maximum absolute atomic E-state index is 14.2. The number of methoxy groups -OCH3 is 1. The third-order valence-electron chi connectivity index (χ3n) is 9.28. The lowest BCUT2D eigenvalue weighted by Gasteiger charge is -2.39. The molecule has 1 aromatic carbocycles. The maximum atomic E-state index is 14.2. The molecule has 3 aliphatic heterocycles. The lowest BCUT2D eigenvalue weighted by Crippen LogP contribution is -2.61. The van der Waals surface area contributed by atoms with Crippen molar-refractivity contribution < 1.29 is 33.4 Å². The molecule has 2 fully saturated rings. The fraction of sp³-hybridized carbons (Fsp3) is 0.529. The quantitative estimate of drug-likeness (QED) is 0.395. The number of pyridine rings is 1. The summed E-state index contributed by atoms with van der Waals surface area (Å²) >= 11 is 0. The summed E-state index contributed by atoms with van der Waals surface area (Å²) in [4.78, 5) is 72.9. The van der Waals surface area contributed by atoms with Crippen molar-refractivity contribution in [2.75, 3.05) is 26.7 Å². The molecule has 0 saturated carbocycles. The van der Waals surface area contributed by atoms with E-state index >= 15 is 0 Å². The fourth-order valence-electron chi connectivity index (χ4n) is 6.27.